The summed E-state index contributed by atoms with van der Waals surface area (Å²) in [6.07, 6.45) is 2.04. The fraction of sp³-hybridized carbons (Fsp3) is 0.267. The molecule has 0 aliphatic rings. The number of hydrogen-bond acceptors (Lipinski definition) is 3. The van der Waals surface area contributed by atoms with E-state index in [2.05, 4.69) is 26.2 Å². The maximum atomic E-state index is 13.3. The number of hydrogen-bond donors (Lipinski definition) is 1. The normalized spacial score (nSPS) is 10.7. The summed E-state index contributed by atoms with van der Waals surface area (Å²) in [5.41, 5.74) is 0.583. The highest BCUT2D eigenvalue weighted by atomic mass is 79.9. The molecule has 1 aromatic carbocycles. The van der Waals surface area contributed by atoms with Gasteiger partial charge in [0.25, 0.3) is 0 Å². The second-order valence-electron chi connectivity index (χ2n) is 4.47. The highest BCUT2D eigenvalue weighted by Crippen LogP contribution is 2.31. The van der Waals surface area contributed by atoms with E-state index in [0.717, 1.165) is 19.2 Å². The van der Waals surface area contributed by atoms with Gasteiger partial charge in [0.05, 0.1) is 10.7 Å². The Kier molecular flexibility index (Phi) is 5.64. The van der Waals surface area contributed by atoms with E-state index in [1.165, 1.54) is 18.2 Å². The second kappa shape index (κ2) is 7.47. The summed E-state index contributed by atoms with van der Waals surface area (Å²) in [5.74, 6) is -0.299. The highest BCUT2D eigenvalue weighted by Gasteiger charge is 2.11. The molecule has 0 saturated carbocycles. The smallest absolute Gasteiger partial charge is 0.223 e. The van der Waals surface area contributed by atoms with Crippen molar-refractivity contribution in [3.05, 3.63) is 52.1 Å². The number of benzene rings is 1. The SMILES string of the molecule is CCCNCc1cc(F)cnc1Oc1cc(F)ccc1Br. The van der Waals surface area contributed by atoms with Crippen molar-refractivity contribution in [1.82, 2.24) is 10.3 Å². The van der Waals surface area contributed by atoms with Gasteiger partial charge in [-0.3, -0.25) is 0 Å². The number of aromatic nitrogens is 1. The van der Waals surface area contributed by atoms with Crippen molar-refractivity contribution in [2.24, 2.45) is 0 Å². The number of rotatable bonds is 6. The van der Waals surface area contributed by atoms with Crippen LogP contribution in [0.2, 0.25) is 0 Å². The molecule has 0 unspecified atom stereocenters. The van der Waals surface area contributed by atoms with Crippen LogP contribution in [0.25, 0.3) is 0 Å². The van der Waals surface area contributed by atoms with Crippen LogP contribution < -0.4 is 10.1 Å². The standard InChI is InChI=1S/C15H15BrF2N2O/c1-2-5-19-8-10-6-12(18)9-20-15(10)21-14-7-11(17)3-4-13(14)16/h3-4,6-7,9,19H,2,5,8H2,1H3. The van der Waals surface area contributed by atoms with Gasteiger partial charge in [0.1, 0.15) is 17.4 Å². The average Bonchev–Trinajstić information content (AvgIpc) is 2.46. The van der Waals surface area contributed by atoms with Gasteiger partial charge in [-0.2, -0.15) is 0 Å². The second-order valence-corrected chi connectivity index (χ2v) is 5.33. The van der Waals surface area contributed by atoms with Gasteiger partial charge in [0.15, 0.2) is 0 Å². The Morgan fingerprint density at radius 3 is 2.81 bits per heavy atom. The molecule has 2 aromatic rings. The molecule has 0 atom stereocenters. The van der Waals surface area contributed by atoms with E-state index >= 15 is 0 Å². The van der Waals surface area contributed by atoms with E-state index in [4.69, 9.17) is 4.74 Å². The quantitative estimate of drug-likeness (QED) is 0.778. The Morgan fingerprint density at radius 2 is 2.05 bits per heavy atom. The Bertz CT molecular complexity index is 623. The zero-order valence-electron chi connectivity index (χ0n) is 11.5. The largest absolute Gasteiger partial charge is 0.437 e. The van der Waals surface area contributed by atoms with Gasteiger partial charge in [0, 0.05) is 18.2 Å². The van der Waals surface area contributed by atoms with E-state index in [1.54, 1.807) is 6.07 Å². The molecule has 6 heteroatoms. The summed E-state index contributed by atoms with van der Waals surface area (Å²) >= 11 is 3.28. The van der Waals surface area contributed by atoms with E-state index < -0.39 is 11.6 Å². The van der Waals surface area contributed by atoms with Crippen LogP contribution in [0, 0.1) is 11.6 Å². The van der Waals surface area contributed by atoms with E-state index in [9.17, 15) is 8.78 Å². The van der Waals surface area contributed by atoms with Gasteiger partial charge in [-0.25, -0.2) is 13.8 Å². The first kappa shape index (κ1) is 15.9. The molecular weight excluding hydrogens is 342 g/mol. The third-order valence-electron chi connectivity index (χ3n) is 2.73. The van der Waals surface area contributed by atoms with Crippen LogP contribution in [0.3, 0.4) is 0 Å². The molecule has 1 N–H and O–H groups in total. The van der Waals surface area contributed by atoms with Crippen molar-refractivity contribution >= 4 is 15.9 Å². The molecule has 21 heavy (non-hydrogen) atoms. The van der Waals surface area contributed by atoms with Crippen molar-refractivity contribution in [2.45, 2.75) is 19.9 Å². The van der Waals surface area contributed by atoms with Crippen LogP contribution in [0.1, 0.15) is 18.9 Å². The van der Waals surface area contributed by atoms with Crippen molar-refractivity contribution in [1.29, 1.82) is 0 Å². The van der Waals surface area contributed by atoms with Gasteiger partial charge in [-0.1, -0.05) is 6.92 Å². The first-order valence-electron chi connectivity index (χ1n) is 6.58. The van der Waals surface area contributed by atoms with Crippen LogP contribution in [0.5, 0.6) is 11.6 Å². The molecule has 0 bridgehead atoms. The lowest BCUT2D eigenvalue weighted by molar-refractivity contribution is 0.442. The molecule has 2 rings (SSSR count). The number of halogens is 3. The third-order valence-corrected chi connectivity index (χ3v) is 3.39. The maximum Gasteiger partial charge on any atom is 0.223 e. The monoisotopic (exact) mass is 356 g/mol. The minimum atomic E-state index is -0.436. The minimum Gasteiger partial charge on any atom is -0.437 e. The number of pyridine rings is 1. The van der Waals surface area contributed by atoms with E-state index in [-0.39, 0.29) is 5.88 Å². The van der Waals surface area contributed by atoms with Crippen molar-refractivity contribution in [3.63, 3.8) is 0 Å². The van der Waals surface area contributed by atoms with Gasteiger partial charge in [0.2, 0.25) is 5.88 Å². The average molecular weight is 357 g/mol. The molecule has 0 amide bonds. The fourth-order valence-corrected chi connectivity index (χ4v) is 2.07. The molecule has 112 valence electrons. The molecule has 3 nitrogen and oxygen atoms in total. The molecular formula is C15H15BrF2N2O. The summed E-state index contributed by atoms with van der Waals surface area (Å²) in [4.78, 5) is 3.94. The van der Waals surface area contributed by atoms with Crippen molar-refractivity contribution in [3.8, 4) is 11.6 Å². The predicted molar refractivity (Wildman–Crippen MR) is 80.4 cm³/mol. The lowest BCUT2D eigenvalue weighted by Crippen LogP contribution is -2.15. The van der Waals surface area contributed by atoms with E-state index in [1.807, 2.05) is 6.92 Å². The lowest BCUT2D eigenvalue weighted by atomic mass is 10.2. The molecule has 0 aliphatic heterocycles. The van der Waals surface area contributed by atoms with Crippen LogP contribution in [0.4, 0.5) is 8.78 Å². The van der Waals surface area contributed by atoms with Gasteiger partial charge < -0.3 is 10.1 Å². The van der Waals surface area contributed by atoms with Crippen LogP contribution in [0.15, 0.2) is 34.9 Å². The Balaban J connectivity index is 2.24. The summed E-state index contributed by atoms with van der Waals surface area (Å²) < 4.78 is 32.8. The predicted octanol–water partition coefficient (Wildman–Crippen LogP) is 4.41. The highest BCUT2D eigenvalue weighted by molar-refractivity contribution is 9.10. The fourth-order valence-electron chi connectivity index (χ4n) is 1.75. The third kappa shape index (κ3) is 4.47. The van der Waals surface area contributed by atoms with Crippen molar-refractivity contribution in [2.75, 3.05) is 6.54 Å². The number of ether oxygens (including phenoxy) is 1. The first-order chi connectivity index (χ1) is 10.1. The van der Waals surface area contributed by atoms with Crippen molar-refractivity contribution < 1.29 is 13.5 Å². The molecule has 0 saturated heterocycles. The molecule has 0 aliphatic carbocycles. The van der Waals surface area contributed by atoms with E-state index in [0.29, 0.717) is 22.3 Å². The summed E-state index contributed by atoms with van der Waals surface area (Å²) in [7, 11) is 0. The Hall–Kier alpha value is -1.53. The Labute approximate surface area is 130 Å². The molecule has 1 heterocycles. The topological polar surface area (TPSA) is 34.2 Å². The molecule has 0 fully saturated rings. The zero-order chi connectivity index (χ0) is 15.2. The summed E-state index contributed by atoms with van der Waals surface area (Å²) in [6.45, 7) is 3.28. The van der Waals surface area contributed by atoms with Gasteiger partial charge in [-0.05, 0) is 47.1 Å². The first-order valence-corrected chi connectivity index (χ1v) is 7.37. The molecule has 0 radical (unpaired) electrons. The zero-order valence-corrected chi connectivity index (χ0v) is 13.1. The van der Waals surface area contributed by atoms with Crippen LogP contribution in [-0.2, 0) is 6.54 Å². The minimum absolute atomic E-state index is 0.256. The Morgan fingerprint density at radius 1 is 1.24 bits per heavy atom. The number of nitrogens with zero attached hydrogens (tertiary/aromatic N) is 1. The lowest BCUT2D eigenvalue weighted by Gasteiger charge is -2.12. The maximum absolute atomic E-state index is 13.3. The molecule has 1 aromatic heterocycles. The van der Waals surface area contributed by atoms with Gasteiger partial charge >= 0.3 is 0 Å². The van der Waals surface area contributed by atoms with Crippen LogP contribution in [-0.4, -0.2) is 11.5 Å². The molecule has 0 spiro atoms. The summed E-state index contributed by atoms with van der Waals surface area (Å²) in [5, 5.41) is 3.16. The van der Waals surface area contributed by atoms with Gasteiger partial charge in [-0.15, -0.1) is 0 Å². The van der Waals surface area contributed by atoms with Crippen LogP contribution >= 0.6 is 15.9 Å². The number of nitrogens with one attached hydrogen (secondary N) is 1. The summed E-state index contributed by atoms with van der Waals surface area (Å²) in [6, 6.07) is 5.47.